The quantitative estimate of drug-likeness (QED) is 0.358. The highest BCUT2D eigenvalue weighted by atomic mass is 127. The number of ether oxygens (including phenoxy) is 1. The Balaban J connectivity index is 0.00000300. The van der Waals surface area contributed by atoms with E-state index in [1.807, 2.05) is 18.0 Å². The molecule has 2 heterocycles. The van der Waals surface area contributed by atoms with E-state index in [0.29, 0.717) is 37.8 Å². The number of thiazole rings is 1. The Morgan fingerprint density at radius 1 is 1.41 bits per heavy atom. The van der Waals surface area contributed by atoms with E-state index >= 15 is 0 Å². The molecule has 1 N–H and O–H groups in total. The molecule has 0 amide bonds. The van der Waals surface area contributed by atoms with Crippen molar-refractivity contribution in [3.05, 3.63) is 51.5 Å². The first-order valence-electron chi connectivity index (χ1n) is 9.02. The summed E-state index contributed by atoms with van der Waals surface area (Å²) in [6.45, 7) is 4.20. The molecule has 160 valence electrons. The highest BCUT2D eigenvalue weighted by Crippen LogP contribution is 2.32. The highest BCUT2D eigenvalue weighted by Gasteiger charge is 2.32. The molecule has 1 saturated heterocycles. The highest BCUT2D eigenvalue weighted by molar-refractivity contribution is 14.0. The van der Waals surface area contributed by atoms with Crippen molar-refractivity contribution in [3.8, 4) is 0 Å². The van der Waals surface area contributed by atoms with Crippen LogP contribution in [-0.4, -0.2) is 49.1 Å². The van der Waals surface area contributed by atoms with Gasteiger partial charge in [-0.15, -0.1) is 35.3 Å². The van der Waals surface area contributed by atoms with Crippen LogP contribution in [-0.2, 0) is 17.3 Å². The molecule has 1 aliphatic rings. The van der Waals surface area contributed by atoms with Gasteiger partial charge in [0.15, 0.2) is 5.96 Å². The summed E-state index contributed by atoms with van der Waals surface area (Å²) in [5, 5.41) is 4.37. The zero-order valence-electron chi connectivity index (χ0n) is 16.2. The zero-order chi connectivity index (χ0) is 20.1. The molecule has 1 aliphatic heterocycles. The number of aryl methyl sites for hydroxylation is 1. The number of nitrogens with one attached hydrogen (secondary N) is 1. The monoisotopic (exact) mass is 540 g/mol. The van der Waals surface area contributed by atoms with Gasteiger partial charge >= 0.3 is 6.18 Å². The van der Waals surface area contributed by atoms with Crippen LogP contribution in [0, 0.1) is 6.92 Å². The minimum atomic E-state index is -4.36. The number of hydrogen-bond donors (Lipinski definition) is 1. The van der Waals surface area contributed by atoms with Crippen molar-refractivity contribution in [1.29, 1.82) is 0 Å². The van der Waals surface area contributed by atoms with Crippen LogP contribution in [0.4, 0.5) is 13.2 Å². The van der Waals surface area contributed by atoms with Crippen molar-refractivity contribution >= 4 is 41.3 Å². The Hall–Kier alpha value is -1.40. The minimum Gasteiger partial charge on any atom is -0.370 e. The van der Waals surface area contributed by atoms with Crippen LogP contribution in [0.5, 0.6) is 0 Å². The predicted molar refractivity (Wildman–Crippen MR) is 119 cm³/mol. The number of halogens is 4. The van der Waals surface area contributed by atoms with Crippen molar-refractivity contribution < 1.29 is 17.9 Å². The van der Waals surface area contributed by atoms with Gasteiger partial charge in [-0.1, -0.05) is 12.1 Å². The first-order valence-corrected chi connectivity index (χ1v) is 9.84. The molecule has 1 unspecified atom stereocenters. The summed E-state index contributed by atoms with van der Waals surface area (Å²) in [6, 6.07) is 5.33. The fourth-order valence-corrected chi connectivity index (χ4v) is 3.88. The second-order valence-electron chi connectivity index (χ2n) is 6.52. The lowest BCUT2D eigenvalue weighted by Crippen LogP contribution is -2.48. The van der Waals surface area contributed by atoms with Crippen molar-refractivity contribution in [2.24, 2.45) is 4.99 Å². The van der Waals surface area contributed by atoms with Crippen LogP contribution in [0.2, 0.25) is 0 Å². The molecular weight excluding hydrogens is 516 g/mol. The Morgan fingerprint density at radius 2 is 2.21 bits per heavy atom. The van der Waals surface area contributed by atoms with E-state index in [1.165, 1.54) is 10.9 Å². The van der Waals surface area contributed by atoms with Crippen LogP contribution >= 0.6 is 35.3 Å². The third-order valence-electron chi connectivity index (χ3n) is 4.45. The molecule has 1 aromatic heterocycles. The van der Waals surface area contributed by atoms with Gasteiger partial charge in [0.1, 0.15) is 6.10 Å². The van der Waals surface area contributed by atoms with Crippen molar-refractivity contribution in [2.75, 3.05) is 33.3 Å². The Labute approximate surface area is 189 Å². The standard InChI is InChI=1S/C19H23F3N4OS.HI/c1-13-11-25-17(28-13)6-7-24-18(23-2)26-8-9-27-16(12-26)14-4-3-5-15(10-14)19(20,21)22;/h3-5,10-11,16H,6-9,12H2,1-2H3,(H,23,24);1H. The number of nitrogens with zero attached hydrogens (tertiary/aromatic N) is 3. The van der Waals surface area contributed by atoms with E-state index in [2.05, 4.69) is 15.3 Å². The molecular formula is C19H24F3IN4OS. The number of aliphatic imine (C=N–C) groups is 1. The average molecular weight is 540 g/mol. The summed E-state index contributed by atoms with van der Waals surface area (Å²) in [6.07, 6.45) is -2.15. The third kappa shape index (κ3) is 6.54. The molecule has 2 aromatic rings. The summed E-state index contributed by atoms with van der Waals surface area (Å²) in [5.41, 5.74) is -0.139. The summed E-state index contributed by atoms with van der Waals surface area (Å²) in [7, 11) is 1.70. The second kappa shape index (κ2) is 10.6. The number of benzene rings is 1. The second-order valence-corrected chi connectivity index (χ2v) is 7.84. The maximum atomic E-state index is 13.0. The van der Waals surface area contributed by atoms with Gasteiger partial charge in [0.25, 0.3) is 0 Å². The summed E-state index contributed by atoms with van der Waals surface area (Å²) >= 11 is 1.67. The van der Waals surface area contributed by atoms with Crippen molar-refractivity contribution in [1.82, 2.24) is 15.2 Å². The molecule has 5 nitrogen and oxygen atoms in total. The van der Waals surface area contributed by atoms with E-state index in [0.717, 1.165) is 23.6 Å². The molecule has 0 aliphatic carbocycles. The van der Waals surface area contributed by atoms with Crippen LogP contribution < -0.4 is 5.32 Å². The largest absolute Gasteiger partial charge is 0.416 e. The smallest absolute Gasteiger partial charge is 0.370 e. The number of alkyl halides is 3. The SMILES string of the molecule is CN=C(NCCc1ncc(C)s1)N1CCOC(c2cccc(C(F)(F)F)c2)C1.I. The van der Waals surface area contributed by atoms with Gasteiger partial charge in [-0.3, -0.25) is 4.99 Å². The Kier molecular flexibility index (Phi) is 8.71. The number of morpholine rings is 1. The molecule has 0 spiro atoms. The average Bonchev–Trinajstić information content (AvgIpc) is 3.10. The van der Waals surface area contributed by atoms with E-state index in [9.17, 15) is 13.2 Å². The van der Waals surface area contributed by atoms with Crippen LogP contribution in [0.1, 0.15) is 27.1 Å². The zero-order valence-corrected chi connectivity index (χ0v) is 19.3. The van der Waals surface area contributed by atoms with Crippen LogP contribution in [0.25, 0.3) is 0 Å². The first-order chi connectivity index (χ1) is 13.4. The lowest BCUT2D eigenvalue weighted by Gasteiger charge is -2.35. The Bertz CT molecular complexity index is 828. The molecule has 0 saturated carbocycles. The van der Waals surface area contributed by atoms with Crippen LogP contribution in [0.15, 0.2) is 35.5 Å². The van der Waals surface area contributed by atoms with Gasteiger partial charge in [-0.25, -0.2) is 4.98 Å². The van der Waals surface area contributed by atoms with E-state index in [-0.39, 0.29) is 24.0 Å². The van der Waals surface area contributed by atoms with Gasteiger partial charge in [0.05, 0.1) is 23.7 Å². The topological polar surface area (TPSA) is 49.8 Å². The third-order valence-corrected chi connectivity index (χ3v) is 5.43. The van der Waals surface area contributed by atoms with E-state index in [1.54, 1.807) is 24.5 Å². The fraction of sp³-hybridized carbons (Fsp3) is 0.474. The van der Waals surface area contributed by atoms with Gasteiger partial charge < -0.3 is 15.0 Å². The maximum Gasteiger partial charge on any atom is 0.416 e. The van der Waals surface area contributed by atoms with Gasteiger partial charge in [0, 0.05) is 37.6 Å². The van der Waals surface area contributed by atoms with Crippen molar-refractivity contribution in [2.45, 2.75) is 25.6 Å². The van der Waals surface area contributed by atoms with E-state index in [4.69, 9.17) is 4.74 Å². The molecule has 1 atom stereocenters. The van der Waals surface area contributed by atoms with Crippen molar-refractivity contribution in [3.63, 3.8) is 0 Å². The molecule has 3 rings (SSSR count). The van der Waals surface area contributed by atoms with Gasteiger partial charge in [-0.2, -0.15) is 13.2 Å². The molecule has 0 radical (unpaired) electrons. The summed E-state index contributed by atoms with van der Waals surface area (Å²) in [4.78, 5) is 11.8. The molecule has 1 aromatic carbocycles. The van der Waals surface area contributed by atoms with Gasteiger partial charge in [-0.05, 0) is 24.6 Å². The number of hydrogen-bond acceptors (Lipinski definition) is 4. The molecule has 0 bridgehead atoms. The maximum absolute atomic E-state index is 13.0. The van der Waals surface area contributed by atoms with Gasteiger partial charge in [0.2, 0.25) is 0 Å². The fourth-order valence-electron chi connectivity index (χ4n) is 3.09. The molecule has 10 heteroatoms. The lowest BCUT2D eigenvalue weighted by atomic mass is 10.0. The number of rotatable bonds is 4. The molecule has 1 fully saturated rings. The van der Waals surface area contributed by atoms with E-state index < -0.39 is 17.8 Å². The number of aromatic nitrogens is 1. The summed E-state index contributed by atoms with van der Waals surface area (Å²) < 4.78 is 44.7. The first kappa shape index (κ1) is 23.9. The van der Waals surface area contributed by atoms with Crippen LogP contribution in [0.3, 0.4) is 0 Å². The minimum absolute atomic E-state index is 0. The Morgan fingerprint density at radius 3 is 2.86 bits per heavy atom. The summed E-state index contributed by atoms with van der Waals surface area (Å²) in [5.74, 6) is 0.716. The lowest BCUT2D eigenvalue weighted by molar-refractivity contribution is -0.137. The predicted octanol–water partition coefficient (Wildman–Crippen LogP) is 4.28. The normalized spacial score (nSPS) is 17.8. The number of guanidine groups is 1. The molecule has 29 heavy (non-hydrogen) atoms.